The van der Waals surface area contributed by atoms with Gasteiger partial charge in [0.1, 0.15) is 0 Å². The lowest BCUT2D eigenvalue weighted by atomic mass is 10.1. The fourth-order valence-corrected chi connectivity index (χ4v) is 4.29. The van der Waals surface area contributed by atoms with Crippen LogP contribution in [0.25, 0.3) is 0 Å². The summed E-state index contributed by atoms with van der Waals surface area (Å²) < 4.78 is 22.9. The Hall–Kier alpha value is -0.170. The predicted molar refractivity (Wildman–Crippen MR) is 62.1 cm³/mol. The van der Waals surface area contributed by atoms with Crippen molar-refractivity contribution in [2.45, 2.75) is 25.0 Å². The quantitative estimate of drug-likeness (QED) is 0.612. The number of aliphatic hydroxyl groups is 1. The van der Waals surface area contributed by atoms with Crippen LogP contribution in [0.15, 0.2) is 0 Å². The zero-order chi connectivity index (χ0) is 11.8. The van der Waals surface area contributed by atoms with E-state index in [4.69, 9.17) is 0 Å². The molecule has 2 heterocycles. The van der Waals surface area contributed by atoms with Gasteiger partial charge in [-0.3, -0.25) is 4.90 Å². The third-order valence-corrected chi connectivity index (χ3v) is 5.10. The van der Waals surface area contributed by atoms with Crippen LogP contribution in [-0.2, 0) is 9.84 Å². The molecule has 94 valence electrons. The normalized spacial score (nSPS) is 40.8. The lowest BCUT2D eigenvalue weighted by Gasteiger charge is -2.31. The van der Waals surface area contributed by atoms with Crippen molar-refractivity contribution in [2.75, 3.05) is 37.7 Å². The largest absolute Gasteiger partial charge is 0.388 e. The van der Waals surface area contributed by atoms with Gasteiger partial charge < -0.3 is 10.4 Å². The fraction of sp³-hybridized carbons (Fsp3) is 1.00. The van der Waals surface area contributed by atoms with Gasteiger partial charge in [-0.25, -0.2) is 8.42 Å². The van der Waals surface area contributed by atoms with Crippen molar-refractivity contribution in [1.29, 1.82) is 0 Å². The van der Waals surface area contributed by atoms with Gasteiger partial charge in [0.05, 0.1) is 17.1 Å². The third-order valence-electron chi connectivity index (χ3n) is 3.35. The summed E-state index contributed by atoms with van der Waals surface area (Å²) in [6, 6.07) is 0.0939. The maximum atomic E-state index is 11.4. The van der Waals surface area contributed by atoms with E-state index in [0.717, 1.165) is 13.1 Å². The molecule has 2 saturated heterocycles. The van der Waals surface area contributed by atoms with Crippen LogP contribution in [0, 0.1) is 0 Å². The van der Waals surface area contributed by atoms with Gasteiger partial charge >= 0.3 is 0 Å². The van der Waals surface area contributed by atoms with Crippen LogP contribution in [-0.4, -0.2) is 67.8 Å². The van der Waals surface area contributed by atoms with Crippen LogP contribution in [0.5, 0.6) is 0 Å². The summed E-state index contributed by atoms with van der Waals surface area (Å²) in [6.07, 6.45) is 0.707. The number of β-amino-alcohol motifs (C(OH)–C–C–N with tert-alkyl or cyclic N) is 1. The molecule has 0 spiro atoms. The Morgan fingerprint density at radius 1 is 1.50 bits per heavy atom. The van der Waals surface area contributed by atoms with E-state index < -0.39 is 15.4 Å². The standard InChI is InChI=1S/C10H20N2O3S/c1-10(13)7-11-3-4-12(8-10)9-2-5-16(14,15)6-9/h9,11,13H,2-8H2,1H3. The highest BCUT2D eigenvalue weighted by Crippen LogP contribution is 2.20. The topological polar surface area (TPSA) is 69.6 Å². The van der Waals surface area contributed by atoms with E-state index >= 15 is 0 Å². The molecule has 5 nitrogen and oxygen atoms in total. The first-order valence-electron chi connectivity index (χ1n) is 5.76. The van der Waals surface area contributed by atoms with E-state index in [-0.39, 0.29) is 11.8 Å². The highest BCUT2D eigenvalue weighted by molar-refractivity contribution is 7.91. The molecule has 0 aromatic rings. The molecular formula is C10H20N2O3S. The summed E-state index contributed by atoms with van der Waals surface area (Å²) in [7, 11) is -2.84. The van der Waals surface area contributed by atoms with Gasteiger partial charge in [-0.2, -0.15) is 0 Å². The van der Waals surface area contributed by atoms with Gasteiger partial charge in [-0.15, -0.1) is 0 Å². The summed E-state index contributed by atoms with van der Waals surface area (Å²) in [5.74, 6) is 0.548. The zero-order valence-corrected chi connectivity index (χ0v) is 10.5. The second kappa shape index (κ2) is 4.25. The van der Waals surface area contributed by atoms with E-state index in [0.29, 0.717) is 25.3 Å². The molecule has 2 rings (SSSR count). The highest BCUT2D eigenvalue weighted by Gasteiger charge is 2.36. The number of hydrogen-bond acceptors (Lipinski definition) is 5. The van der Waals surface area contributed by atoms with Gasteiger partial charge in [-0.1, -0.05) is 0 Å². The zero-order valence-electron chi connectivity index (χ0n) is 9.65. The maximum Gasteiger partial charge on any atom is 0.151 e. The molecule has 0 bridgehead atoms. The number of rotatable bonds is 1. The smallest absolute Gasteiger partial charge is 0.151 e. The monoisotopic (exact) mass is 248 g/mol. The van der Waals surface area contributed by atoms with Crippen LogP contribution in [0.1, 0.15) is 13.3 Å². The van der Waals surface area contributed by atoms with Crippen molar-refractivity contribution in [3.8, 4) is 0 Å². The van der Waals surface area contributed by atoms with Gasteiger partial charge in [-0.05, 0) is 13.3 Å². The average Bonchev–Trinajstić information content (AvgIpc) is 2.40. The van der Waals surface area contributed by atoms with E-state index in [1.54, 1.807) is 6.92 Å². The summed E-state index contributed by atoms with van der Waals surface area (Å²) in [6.45, 7) is 4.55. The molecule has 16 heavy (non-hydrogen) atoms. The summed E-state index contributed by atoms with van der Waals surface area (Å²) in [5, 5.41) is 13.2. The molecule has 2 unspecified atom stereocenters. The Bertz CT molecular complexity index is 353. The van der Waals surface area contributed by atoms with Crippen molar-refractivity contribution >= 4 is 9.84 Å². The predicted octanol–water partition coefficient (Wildman–Crippen LogP) is -1.17. The van der Waals surface area contributed by atoms with Crippen molar-refractivity contribution in [3.05, 3.63) is 0 Å². The fourth-order valence-electron chi connectivity index (χ4n) is 2.53. The van der Waals surface area contributed by atoms with Gasteiger partial charge in [0.2, 0.25) is 0 Å². The minimum absolute atomic E-state index is 0.0939. The van der Waals surface area contributed by atoms with E-state index in [1.807, 2.05) is 0 Å². The molecule has 0 aliphatic carbocycles. The number of sulfone groups is 1. The summed E-state index contributed by atoms with van der Waals surface area (Å²) in [4.78, 5) is 2.12. The van der Waals surface area contributed by atoms with Crippen molar-refractivity contribution in [3.63, 3.8) is 0 Å². The summed E-state index contributed by atoms with van der Waals surface area (Å²) in [5.41, 5.74) is -0.761. The first-order valence-corrected chi connectivity index (χ1v) is 7.58. The highest BCUT2D eigenvalue weighted by atomic mass is 32.2. The van der Waals surface area contributed by atoms with Crippen molar-refractivity contribution in [2.24, 2.45) is 0 Å². The van der Waals surface area contributed by atoms with Crippen molar-refractivity contribution < 1.29 is 13.5 Å². The second-order valence-electron chi connectivity index (χ2n) is 5.20. The first-order chi connectivity index (χ1) is 7.38. The molecule has 0 saturated carbocycles. The molecule has 6 heteroatoms. The van der Waals surface area contributed by atoms with Crippen LogP contribution < -0.4 is 5.32 Å². The molecule has 0 aromatic carbocycles. The molecule has 2 fully saturated rings. The minimum Gasteiger partial charge on any atom is -0.388 e. The summed E-state index contributed by atoms with van der Waals surface area (Å²) >= 11 is 0. The van der Waals surface area contributed by atoms with Gasteiger partial charge in [0.15, 0.2) is 9.84 Å². The van der Waals surface area contributed by atoms with Crippen LogP contribution in [0.3, 0.4) is 0 Å². The Labute approximate surface area is 96.7 Å². The molecule has 2 atom stereocenters. The van der Waals surface area contributed by atoms with Crippen LogP contribution >= 0.6 is 0 Å². The molecule has 0 radical (unpaired) electrons. The third kappa shape index (κ3) is 2.94. The number of nitrogens with one attached hydrogen (secondary N) is 1. The second-order valence-corrected chi connectivity index (χ2v) is 7.43. The Kier molecular flexibility index (Phi) is 3.27. The van der Waals surface area contributed by atoms with E-state index in [1.165, 1.54) is 0 Å². The number of nitrogens with zero attached hydrogens (tertiary/aromatic N) is 1. The number of hydrogen-bond donors (Lipinski definition) is 2. The SMILES string of the molecule is CC1(O)CNCCN(C2CCS(=O)(=O)C2)C1. The Balaban J connectivity index is 2.04. The van der Waals surface area contributed by atoms with Crippen LogP contribution in [0.4, 0.5) is 0 Å². The molecule has 2 aliphatic heterocycles. The molecular weight excluding hydrogens is 228 g/mol. The Morgan fingerprint density at radius 3 is 2.88 bits per heavy atom. The molecule has 2 aliphatic rings. The lowest BCUT2D eigenvalue weighted by molar-refractivity contribution is 0.0246. The maximum absolute atomic E-state index is 11.4. The van der Waals surface area contributed by atoms with Crippen LogP contribution in [0.2, 0.25) is 0 Å². The molecule has 2 N–H and O–H groups in total. The average molecular weight is 248 g/mol. The first kappa shape index (κ1) is 12.3. The van der Waals surface area contributed by atoms with Crippen molar-refractivity contribution in [1.82, 2.24) is 10.2 Å². The van der Waals surface area contributed by atoms with Gasteiger partial charge in [0, 0.05) is 32.2 Å². The Morgan fingerprint density at radius 2 is 2.25 bits per heavy atom. The van der Waals surface area contributed by atoms with E-state index in [9.17, 15) is 13.5 Å². The molecule has 0 amide bonds. The minimum atomic E-state index is -2.84. The molecule has 0 aromatic heterocycles. The van der Waals surface area contributed by atoms with E-state index in [2.05, 4.69) is 10.2 Å². The van der Waals surface area contributed by atoms with Gasteiger partial charge in [0.25, 0.3) is 0 Å². The lowest BCUT2D eigenvalue weighted by Crippen LogP contribution is -2.47.